The molecule has 0 saturated carbocycles. The SMILES string of the molecule is O=C(c1cccc(Cn2cccn2)c1)N1CCCOC(CN2CCCC2)C1. The van der Waals surface area contributed by atoms with Crippen LogP contribution in [-0.4, -0.2) is 70.9 Å². The number of amides is 1. The molecule has 0 aliphatic carbocycles. The third-order valence-electron chi connectivity index (χ3n) is 5.38. The second-order valence-electron chi connectivity index (χ2n) is 7.51. The lowest BCUT2D eigenvalue weighted by molar-refractivity contribution is 0.0297. The van der Waals surface area contributed by atoms with Crippen LogP contribution in [0.25, 0.3) is 0 Å². The molecule has 144 valence electrons. The normalized spacial score (nSPS) is 21.3. The van der Waals surface area contributed by atoms with Gasteiger partial charge >= 0.3 is 0 Å². The molecule has 0 spiro atoms. The van der Waals surface area contributed by atoms with E-state index < -0.39 is 0 Å². The van der Waals surface area contributed by atoms with Gasteiger partial charge < -0.3 is 14.5 Å². The van der Waals surface area contributed by atoms with E-state index in [-0.39, 0.29) is 12.0 Å². The fourth-order valence-corrected chi connectivity index (χ4v) is 4.01. The maximum atomic E-state index is 13.1. The fourth-order valence-electron chi connectivity index (χ4n) is 4.01. The summed E-state index contributed by atoms with van der Waals surface area (Å²) in [4.78, 5) is 17.6. The Morgan fingerprint density at radius 1 is 1.15 bits per heavy atom. The molecule has 2 saturated heterocycles. The molecule has 1 unspecified atom stereocenters. The van der Waals surface area contributed by atoms with Gasteiger partial charge in [0, 0.05) is 44.2 Å². The summed E-state index contributed by atoms with van der Waals surface area (Å²) in [5, 5.41) is 4.25. The van der Waals surface area contributed by atoms with Gasteiger partial charge in [-0.15, -0.1) is 0 Å². The maximum Gasteiger partial charge on any atom is 0.253 e. The molecular formula is C21H28N4O2. The Morgan fingerprint density at radius 3 is 2.85 bits per heavy atom. The molecule has 1 amide bonds. The third-order valence-corrected chi connectivity index (χ3v) is 5.38. The summed E-state index contributed by atoms with van der Waals surface area (Å²) in [6, 6.07) is 9.82. The van der Waals surface area contributed by atoms with E-state index >= 15 is 0 Å². The zero-order chi connectivity index (χ0) is 18.5. The molecule has 0 radical (unpaired) electrons. The van der Waals surface area contributed by atoms with E-state index in [1.54, 1.807) is 6.20 Å². The average molecular weight is 368 g/mol. The van der Waals surface area contributed by atoms with Crippen molar-refractivity contribution in [2.45, 2.75) is 31.9 Å². The molecule has 6 nitrogen and oxygen atoms in total. The lowest BCUT2D eigenvalue weighted by Crippen LogP contribution is -2.41. The molecule has 0 bridgehead atoms. The van der Waals surface area contributed by atoms with Gasteiger partial charge in [-0.05, 0) is 56.1 Å². The number of carbonyl (C=O) groups excluding carboxylic acids is 1. The van der Waals surface area contributed by atoms with Crippen LogP contribution in [0.4, 0.5) is 0 Å². The minimum absolute atomic E-state index is 0.106. The van der Waals surface area contributed by atoms with E-state index in [1.807, 2.05) is 46.1 Å². The molecule has 2 aromatic rings. The Kier molecular flexibility index (Phi) is 5.84. The zero-order valence-electron chi connectivity index (χ0n) is 15.8. The molecule has 6 heteroatoms. The molecule has 1 aromatic heterocycles. The summed E-state index contributed by atoms with van der Waals surface area (Å²) in [5.41, 5.74) is 1.84. The van der Waals surface area contributed by atoms with Crippen LogP contribution in [0.3, 0.4) is 0 Å². The summed E-state index contributed by atoms with van der Waals surface area (Å²) in [7, 11) is 0. The van der Waals surface area contributed by atoms with Crippen molar-refractivity contribution in [2.75, 3.05) is 39.3 Å². The largest absolute Gasteiger partial charge is 0.375 e. The van der Waals surface area contributed by atoms with E-state index in [9.17, 15) is 4.79 Å². The highest BCUT2D eigenvalue weighted by atomic mass is 16.5. The first kappa shape index (κ1) is 18.2. The van der Waals surface area contributed by atoms with Gasteiger partial charge in [-0.1, -0.05) is 12.1 Å². The second kappa shape index (κ2) is 8.67. The smallest absolute Gasteiger partial charge is 0.253 e. The maximum absolute atomic E-state index is 13.1. The van der Waals surface area contributed by atoms with Crippen LogP contribution in [0.5, 0.6) is 0 Å². The Hall–Kier alpha value is -2.18. The molecule has 0 N–H and O–H groups in total. The standard InChI is InChI=1S/C21H28N4O2/c26-21(19-7-3-6-18(14-19)15-25-12-4-8-22-25)24-11-5-13-27-20(17-24)16-23-9-1-2-10-23/h3-4,6-8,12,14,20H,1-2,5,9-11,13,15-17H2. The Labute approximate surface area is 160 Å². The van der Waals surface area contributed by atoms with Crippen molar-refractivity contribution < 1.29 is 9.53 Å². The van der Waals surface area contributed by atoms with E-state index in [1.165, 1.54) is 12.8 Å². The van der Waals surface area contributed by atoms with Crippen molar-refractivity contribution in [3.8, 4) is 0 Å². The summed E-state index contributed by atoms with van der Waals surface area (Å²) >= 11 is 0. The van der Waals surface area contributed by atoms with Crippen molar-refractivity contribution in [1.29, 1.82) is 0 Å². The summed E-state index contributed by atoms with van der Waals surface area (Å²) in [6.07, 6.45) is 7.27. The van der Waals surface area contributed by atoms with Gasteiger partial charge in [-0.2, -0.15) is 5.10 Å². The van der Waals surface area contributed by atoms with Gasteiger partial charge in [0.2, 0.25) is 0 Å². The monoisotopic (exact) mass is 368 g/mol. The molecule has 1 aromatic carbocycles. The summed E-state index contributed by atoms with van der Waals surface area (Å²) < 4.78 is 7.90. The van der Waals surface area contributed by atoms with E-state index in [2.05, 4.69) is 10.00 Å². The van der Waals surface area contributed by atoms with Crippen molar-refractivity contribution in [1.82, 2.24) is 19.6 Å². The van der Waals surface area contributed by atoms with Crippen LogP contribution < -0.4 is 0 Å². The average Bonchev–Trinajstić information content (AvgIpc) is 3.33. The first-order valence-electron chi connectivity index (χ1n) is 9.97. The van der Waals surface area contributed by atoms with E-state index in [4.69, 9.17) is 4.74 Å². The zero-order valence-corrected chi connectivity index (χ0v) is 15.8. The van der Waals surface area contributed by atoms with Crippen LogP contribution in [0.1, 0.15) is 35.2 Å². The van der Waals surface area contributed by atoms with Crippen molar-refractivity contribution >= 4 is 5.91 Å². The highest BCUT2D eigenvalue weighted by molar-refractivity contribution is 5.94. The van der Waals surface area contributed by atoms with Gasteiger partial charge in [0.1, 0.15) is 0 Å². The van der Waals surface area contributed by atoms with Crippen LogP contribution in [-0.2, 0) is 11.3 Å². The van der Waals surface area contributed by atoms with Crippen LogP contribution >= 0.6 is 0 Å². The lowest BCUT2D eigenvalue weighted by atomic mass is 10.1. The molecule has 2 fully saturated rings. The minimum atomic E-state index is 0.106. The van der Waals surface area contributed by atoms with Gasteiger partial charge in [-0.3, -0.25) is 9.48 Å². The number of ether oxygens (including phenoxy) is 1. The van der Waals surface area contributed by atoms with Gasteiger partial charge in [0.25, 0.3) is 5.91 Å². The van der Waals surface area contributed by atoms with E-state index in [0.717, 1.165) is 50.3 Å². The van der Waals surface area contributed by atoms with Crippen LogP contribution in [0.15, 0.2) is 42.7 Å². The predicted molar refractivity (Wildman–Crippen MR) is 104 cm³/mol. The third kappa shape index (κ3) is 4.76. The number of aromatic nitrogens is 2. The number of hydrogen-bond acceptors (Lipinski definition) is 4. The molecular weight excluding hydrogens is 340 g/mol. The number of nitrogens with zero attached hydrogens (tertiary/aromatic N) is 4. The molecule has 4 rings (SSSR count). The number of benzene rings is 1. The Bertz CT molecular complexity index is 740. The van der Waals surface area contributed by atoms with Crippen LogP contribution in [0.2, 0.25) is 0 Å². The highest BCUT2D eigenvalue weighted by Gasteiger charge is 2.26. The molecule has 2 aliphatic rings. The highest BCUT2D eigenvalue weighted by Crippen LogP contribution is 2.16. The fraction of sp³-hybridized carbons (Fsp3) is 0.524. The minimum Gasteiger partial charge on any atom is -0.375 e. The second-order valence-corrected chi connectivity index (χ2v) is 7.51. The Balaban J connectivity index is 1.42. The quantitative estimate of drug-likeness (QED) is 0.812. The number of likely N-dealkylation sites (tertiary alicyclic amines) is 1. The molecule has 3 heterocycles. The first-order valence-corrected chi connectivity index (χ1v) is 9.97. The molecule has 1 atom stereocenters. The van der Waals surface area contributed by atoms with Gasteiger partial charge in [-0.25, -0.2) is 0 Å². The first-order chi connectivity index (χ1) is 13.3. The molecule has 2 aliphatic heterocycles. The van der Waals surface area contributed by atoms with E-state index in [0.29, 0.717) is 13.1 Å². The van der Waals surface area contributed by atoms with Crippen molar-refractivity contribution in [2.24, 2.45) is 0 Å². The summed E-state index contributed by atoms with van der Waals surface area (Å²) in [5.74, 6) is 0.106. The summed E-state index contributed by atoms with van der Waals surface area (Å²) in [6.45, 7) is 6.10. The lowest BCUT2D eigenvalue weighted by Gasteiger charge is -2.27. The molecule has 27 heavy (non-hydrogen) atoms. The van der Waals surface area contributed by atoms with Gasteiger partial charge in [0.05, 0.1) is 12.6 Å². The number of rotatable bonds is 5. The van der Waals surface area contributed by atoms with Gasteiger partial charge in [0.15, 0.2) is 0 Å². The predicted octanol–water partition coefficient (Wildman–Crippen LogP) is 2.26. The van der Waals surface area contributed by atoms with Crippen LogP contribution in [0, 0.1) is 0 Å². The Morgan fingerprint density at radius 2 is 2.04 bits per heavy atom. The number of carbonyl (C=O) groups is 1. The van der Waals surface area contributed by atoms with Crippen molar-refractivity contribution in [3.05, 3.63) is 53.9 Å². The number of hydrogen-bond donors (Lipinski definition) is 0. The van der Waals surface area contributed by atoms with Crippen molar-refractivity contribution in [3.63, 3.8) is 0 Å². The topological polar surface area (TPSA) is 50.6 Å².